The first-order valence-electron chi connectivity index (χ1n) is 5.54. The number of aromatic nitrogens is 1. The minimum absolute atomic E-state index is 0.115. The van der Waals surface area contributed by atoms with Crippen molar-refractivity contribution in [3.05, 3.63) is 46.0 Å². The van der Waals surface area contributed by atoms with Crippen LogP contribution < -0.4 is 10.0 Å². The maximum Gasteiger partial charge on any atom is 0.262 e. The largest absolute Gasteiger partial charge is 0.373 e. The molecule has 0 saturated carbocycles. The summed E-state index contributed by atoms with van der Waals surface area (Å²) in [6.45, 7) is 0. The number of hydrogen-bond donors (Lipinski definition) is 2. The molecule has 0 unspecified atom stereocenters. The van der Waals surface area contributed by atoms with Gasteiger partial charge < -0.3 is 5.32 Å². The highest BCUT2D eigenvalue weighted by Gasteiger charge is 2.16. The molecular weight excluding hydrogens is 366 g/mol. The maximum absolute atomic E-state index is 12.3. The lowest BCUT2D eigenvalue weighted by atomic mass is 10.3. The van der Waals surface area contributed by atoms with E-state index in [0.717, 1.165) is 0 Å². The molecule has 2 N–H and O–H groups in total. The van der Waals surface area contributed by atoms with Crippen LogP contribution in [0.1, 0.15) is 0 Å². The van der Waals surface area contributed by atoms with Gasteiger partial charge in [0.15, 0.2) is 0 Å². The molecule has 0 fully saturated rings. The lowest BCUT2D eigenvalue weighted by Crippen LogP contribution is -2.13. The second-order valence-electron chi connectivity index (χ2n) is 3.86. The van der Waals surface area contributed by atoms with E-state index in [1.807, 2.05) is 0 Å². The average Bonchev–Trinajstić information content (AvgIpc) is 2.43. The SMILES string of the molecule is CNc1cc(S(=O)(=O)Nc2cc(Cl)ccc2Br)ccn1. The van der Waals surface area contributed by atoms with Crippen LogP contribution in [0.2, 0.25) is 5.02 Å². The minimum atomic E-state index is -3.70. The van der Waals surface area contributed by atoms with Gasteiger partial charge in [0.2, 0.25) is 0 Å². The first-order chi connectivity index (χ1) is 9.42. The van der Waals surface area contributed by atoms with Gasteiger partial charge in [0, 0.05) is 28.8 Å². The van der Waals surface area contributed by atoms with Crippen molar-refractivity contribution in [2.24, 2.45) is 0 Å². The lowest BCUT2D eigenvalue weighted by Gasteiger charge is -2.10. The van der Waals surface area contributed by atoms with Crippen molar-refractivity contribution in [2.75, 3.05) is 17.1 Å². The Morgan fingerprint density at radius 2 is 2.00 bits per heavy atom. The van der Waals surface area contributed by atoms with Gasteiger partial charge in [-0.3, -0.25) is 4.72 Å². The minimum Gasteiger partial charge on any atom is -0.373 e. The maximum atomic E-state index is 12.3. The summed E-state index contributed by atoms with van der Waals surface area (Å²) in [5, 5.41) is 3.23. The van der Waals surface area contributed by atoms with Crippen molar-refractivity contribution in [3.63, 3.8) is 0 Å². The number of nitrogens with zero attached hydrogens (tertiary/aromatic N) is 1. The standard InChI is InChI=1S/C12H11BrClN3O2S/c1-15-12-7-9(4-5-16-12)20(18,19)17-11-6-8(14)2-3-10(11)13/h2-7,17H,1H3,(H,15,16). The Labute approximate surface area is 130 Å². The summed E-state index contributed by atoms with van der Waals surface area (Å²) in [6, 6.07) is 7.73. The monoisotopic (exact) mass is 375 g/mol. The Balaban J connectivity index is 2.38. The summed E-state index contributed by atoms with van der Waals surface area (Å²) >= 11 is 9.14. The molecule has 20 heavy (non-hydrogen) atoms. The first kappa shape index (κ1) is 15.1. The molecule has 0 saturated heterocycles. The van der Waals surface area contributed by atoms with E-state index in [0.29, 0.717) is 21.0 Å². The van der Waals surface area contributed by atoms with Crippen molar-refractivity contribution >= 4 is 49.1 Å². The zero-order valence-electron chi connectivity index (χ0n) is 10.4. The van der Waals surface area contributed by atoms with Crippen LogP contribution >= 0.6 is 27.5 Å². The predicted octanol–water partition coefficient (Wildman–Crippen LogP) is 3.34. The zero-order valence-corrected chi connectivity index (χ0v) is 13.6. The van der Waals surface area contributed by atoms with E-state index in [-0.39, 0.29) is 4.90 Å². The molecule has 1 aromatic carbocycles. The van der Waals surface area contributed by atoms with Crippen molar-refractivity contribution in [3.8, 4) is 0 Å². The highest BCUT2D eigenvalue weighted by Crippen LogP contribution is 2.28. The third kappa shape index (κ3) is 3.41. The Hall–Kier alpha value is -1.31. The molecule has 5 nitrogen and oxygen atoms in total. The van der Waals surface area contributed by atoms with Gasteiger partial charge in [0.25, 0.3) is 10.0 Å². The first-order valence-corrected chi connectivity index (χ1v) is 8.19. The van der Waals surface area contributed by atoms with Crippen molar-refractivity contribution in [1.29, 1.82) is 0 Å². The summed E-state index contributed by atoms with van der Waals surface area (Å²) in [5.41, 5.74) is 0.375. The van der Waals surface area contributed by atoms with Gasteiger partial charge in [0.1, 0.15) is 5.82 Å². The molecule has 0 amide bonds. The zero-order chi connectivity index (χ0) is 14.8. The number of pyridine rings is 1. The van der Waals surface area contributed by atoms with Crippen molar-refractivity contribution < 1.29 is 8.42 Å². The average molecular weight is 377 g/mol. The van der Waals surface area contributed by atoms with Crippen LogP contribution in [0.5, 0.6) is 0 Å². The van der Waals surface area contributed by atoms with E-state index >= 15 is 0 Å². The molecule has 1 heterocycles. The summed E-state index contributed by atoms with van der Waals surface area (Å²) < 4.78 is 27.7. The van der Waals surface area contributed by atoms with E-state index in [1.165, 1.54) is 24.4 Å². The number of hydrogen-bond acceptors (Lipinski definition) is 4. The Kier molecular flexibility index (Phi) is 4.52. The van der Waals surface area contributed by atoms with Gasteiger partial charge in [-0.15, -0.1) is 0 Å². The summed E-state index contributed by atoms with van der Waals surface area (Å²) in [5.74, 6) is 0.470. The lowest BCUT2D eigenvalue weighted by molar-refractivity contribution is 0.601. The van der Waals surface area contributed by atoms with Gasteiger partial charge in [0.05, 0.1) is 10.6 Å². The van der Waals surface area contributed by atoms with Gasteiger partial charge >= 0.3 is 0 Å². The number of nitrogens with one attached hydrogen (secondary N) is 2. The normalized spacial score (nSPS) is 11.2. The third-order valence-electron chi connectivity index (χ3n) is 2.47. The summed E-state index contributed by atoms with van der Waals surface area (Å²) in [4.78, 5) is 4.09. The molecule has 0 aliphatic heterocycles. The number of benzene rings is 1. The molecule has 0 atom stereocenters. The molecule has 0 radical (unpaired) electrons. The molecule has 8 heteroatoms. The van der Waals surface area contributed by atoms with Crippen LogP contribution in [0, 0.1) is 0 Å². The molecule has 2 aromatic rings. The second kappa shape index (κ2) is 5.99. The smallest absolute Gasteiger partial charge is 0.262 e. The second-order valence-corrected chi connectivity index (χ2v) is 6.83. The number of halogens is 2. The van der Waals surface area contributed by atoms with Crippen molar-refractivity contribution in [2.45, 2.75) is 4.90 Å². The topological polar surface area (TPSA) is 71.1 Å². The molecule has 0 bridgehead atoms. The molecular formula is C12H11BrClN3O2S. The Morgan fingerprint density at radius 1 is 1.25 bits per heavy atom. The number of sulfonamides is 1. The molecule has 106 valence electrons. The molecule has 2 rings (SSSR count). The van der Waals surface area contributed by atoms with Crippen LogP contribution in [0.3, 0.4) is 0 Å². The molecule has 0 spiro atoms. The van der Waals surface area contributed by atoms with Gasteiger partial charge in [-0.05, 0) is 40.2 Å². The summed E-state index contributed by atoms with van der Waals surface area (Å²) in [6.07, 6.45) is 1.42. The molecule has 1 aromatic heterocycles. The fourth-order valence-electron chi connectivity index (χ4n) is 1.49. The number of anilines is 2. The van der Waals surface area contributed by atoms with E-state index in [4.69, 9.17) is 11.6 Å². The Morgan fingerprint density at radius 3 is 2.70 bits per heavy atom. The van der Waals surface area contributed by atoms with E-state index < -0.39 is 10.0 Å². The number of rotatable bonds is 4. The predicted molar refractivity (Wildman–Crippen MR) is 83.7 cm³/mol. The van der Waals surface area contributed by atoms with Gasteiger partial charge in [-0.2, -0.15) is 0 Å². The van der Waals surface area contributed by atoms with Crippen LogP contribution in [0.4, 0.5) is 11.5 Å². The van der Waals surface area contributed by atoms with E-state index in [1.54, 1.807) is 19.2 Å². The van der Waals surface area contributed by atoms with E-state index in [9.17, 15) is 8.42 Å². The van der Waals surface area contributed by atoms with Crippen LogP contribution in [0.25, 0.3) is 0 Å². The molecule has 0 aliphatic carbocycles. The quantitative estimate of drug-likeness (QED) is 0.858. The van der Waals surface area contributed by atoms with E-state index in [2.05, 4.69) is 31.0 Å². The van der Waals surface area contributed by atoms with Gasteiger partial charge in [-0.1, -0.05) is 11.6 Å². The van der Waals surface area contributed by atoms with Crippen LogP contribution in [0.15, 0.2) is 45.9 Å². The molecule has 0 aliphatic rings. The fourth-order valence-corrected chi connectivity index (χ4v) is 3.23. The summed E-state index contributed by atoms with van der Waals surface area (Å²) in [7, 11) is -2.04. The fraction of sp³-hybridized carbons (Fsp3) is 0.0833. The van der Waals surface area contributed by atoms with Crippen molar-refractivity contribution in [1.82, 2.24) is 4.98 Å². The Bertz CT molecular complexity index is 737. The highest BCUT2D eigenvalue weighted by molar-refractivity contribution is 9.10. The highest BCUT2D eigenvalue weighted by atomic mass is 79.9. The van der Waals surface area contributed by atoms with Crippen LogP contribution in [-0.2, 0) is 10.0 Å². The third-order valence-corrected chi connectivity index (χ3v) is 4.76. The van der Waals surface area contributed by atoms with Gasteiger partial charge in [-0.25, -0.2) is 13.4 Å². The van der Waals surface area contributed by atoms with Crippen LogP contribution in [-0.4, -0.2) is 20.4 Å².